The largest absolute Gasteiger partial charge is 0.453 e. The van der Waals surface area contributed by atoms with Crippen LogP contribution in [0.1, 0.15) is 24.9 Å². The molecule has 0 aromatic carbocycles. The van der Waals surface area contributed by atoms with Gasteiger partial charge in [-0.3, -0.25) is 5.01 Å². The van der Waals surface area contributed by atoms with Crippen molar-refractivity contribution >= 4 is 38.3 Å². The molecule has 0 saturated carbocycles. The van der Waals surface area contributed by atoms with Gasteiger partial charge < -0.3 is 10.0 Å². The number of rotatable bonds is 6. The van der Waals surface area contributed by atoms with E-state index in [0.29, 0.717) is 11.3 Å². The quantitative estimate of drug-likeness (QED) is 0.327. The number of sulfonamides is 1. The van der Waals surface area contributed by atoms with Gasteiger partial charge in [-0.05, 0) is 19.4 Å². The van der Waals surface area contributed by atoms with Crippen molar-refractivity contribution in [3.8, 4) is 0 Å². The molecule has 1 aliphatic heterocycles. The van der Waals surface area contributed by atoms with E-state index in [1.54, 1.807) is 0 Å². The van der Waals surface area contributed by atoms with Crippen LogP contribution in [0.2, 0.25) is 6.32 Å². The number of nitrogens with two attached hydrogens (primary N) is 1. The minimum absolute atomic E-state index is 0.0173. The van der Waals surface area contributed by atoms with Crippen molar-refractivity contribution in [1.82, 2.24) is 5.01 Å². The molecule has 0 amide bonds. The van der Waals surface area contributed by atoms with Crippen molar-refractivity contribution in [1.29, 1.82) is 0 Å². The van der Waals surface area contributed by atoms with Gasteiger partial charge in [0.25, 0.3) is 0 Å². The molecule has 1 aromatic heterocycles. The number of nitroso groups, excluding NO2 is 1. The molecule has 0 radical (unpaired) electrons. The van der Waals surface area contributed by atoms with E-state index in [2.05, 4.69) is 5.29 Å². The molecular formula is C10H16BN3O7S3. The zero-order valence-corrected chi connectivity index (χ0v) is 15.0. The topological polar surface area (TPSA) is 167 Å². The van der Waals surface area contributed by atoms with Gasteiger partial charge in [0.05, 0.1) is 16.6 Å². The fourth-order valence-corrected chi connectivity index (χ4v) is 6.89. The van der Waals surface area contributed by atoms with Gasteiger partial charge in [0, 0.05) is 18.4 Å². The number of fused-ring (bicyclic) bond motifs is 1. The Labute approximate surface area is 143 Å². The third-order valence-corrected chi connectivity index (χ3v) is 9.08. The maximum atomic E-state index is 12.4. The third-order valence-electron chi connectivity index (χ3n) is 3.77. The van der Waals surface area contributed by atoms with Crippen LogP contribution in [0, 0.1) is 4.91 Å². The maximum Gasteiger partial charge on any atom is 0.453 e. The molecule has 2 atom stereocenters. The fourth-order valence-electron chi connectivity index (χ4n) is 2.49. The first-order valence-corrected chi connectivity index (χ1v) is 10.8. The highest BCUT2D eigenvalue weighted by molar-refractivity contribution is 7.95. The molecule has 0 unspecified atom stereocenters. The van der Waals surface area contributed by atoms with E-state index in [-0.39, 0.29) is 33.3 Å². The van der Waals surface area contributed by atoms with Crippen LogP contribution in [0.15, 0.2) is 19.8 Å². The van der Waals surface area contributed by atoms with Crippen molar-refractivity contribution in [3.05, 3.63) is 16.5 Å². The van der Waals surface area contributed by atoms with Gasteiger partial charge in [-0.25, -0.2) is 22.0 Å². The molecule has 2 rings (SSSR count). The van der Waals surface area contributed by atoms with Crippen LogP contribution in [0.25, 0.3) is 0 Å². The predicted molar refractivity (Wildman–Crippen MR) is 87.2 cm³/mol. The van der Waals surface area contributed by atoms with Crippen LogP contribution < -0.4 is 5.14 Å². The maximum absolute atomic E-state index is 12.4. The summed E-state index contributed by atoms with van der Waals surface area (Å²) in [5.74, 6) is 0. The van der Waals surface area contributed by atoms with E-state index in [1.807, 2.05) is 0 Å². The average Bonchev–Trinajstić information content (AvgIpc) is 2.91. The van der Waals surface area contributed by atoms with Crippen molar-refractivity contribution in [2.75, 3.05) is 6.54 Å². The summed E-state index contributed by atoms with van der Waals surface area (Å²) in [6, 6.07) is 0.346. The first-order valence-electron chi connectivity index (χ1n) is 6.85. The van der Waals surface area contributed by atoms with Gasteiger partial charge in [-0.15, -0.1) is 16.2 Å². The number of hydrogen-bond acceptors (Lipinski definition) is 9. The Morgan fingerprint density at radius 2 is 2.12 bits per heavy atom. The second-order valence-corrected chi connectivity index (χ2v) is 10.9. The van der Waals surface area contributed by atoms with Crippen LogP contribution in [0.3, 0.4) is 0 Å². The van der Waals surface area contributed by atoms with Gasteiger partial charge in [0.1, 0.15) is 8.42 Å². The minimum atomic E-state index is -4.10. The summed E-state index contributed by atoms with van der Waals surface area (Å²) in [5, 5.41) is 25.9. The SMILES string of the molecule is C[C@H]1C[C@H](N(CCB(O)O)N=O)c2cc(S(N)(=O)=O)sc2S1(=O)=O. The van der Waals surface area contributed by atoms with Gasteiger partial charge in [0.2, 0.25) is 10.0 Å². The van der Waals surface area contributed by atoms with Gasteiger partial charge in [-0.2, -0.15) is 0 Å². The molecule has 1 aliphatic rings. The Kier molecular flexibility index (Phi) is 5.37. The molecule has 0 spiro atoms. The Balaban J connectivity index is 2.53. The third kappa shape index (κ3) is 3.62. The lowest BCUT2D eigenvalue weighted by atomic mass is 9.86. The van der Waals surface area contributed by atoms with E-state index in [4.69, 9.17) is 15.2 Å². The lowest BCUT2D eigenvalue weighted by Crippen LogP contribution is -2.35. The number of primary sulfonamides is 1. The zero-order chi connectivity index (χ0) is 18.3. The van der Waals surface area contributed by atoms with E-state index in [1.165, 1.54) is 6.92 Å². The summed E-state index contributed by atoms with van der Waals surface area (Å²) >= 11 is 0.539. The highest BCUT2D eigenvalue weighted by atomic mass is 32.3. The molecule has 10 nitrogen and oxygen atoms in total. The van der Waals surface area contributed by atoms with Crippen LogP contribution in [-0.2, 0) is 19.9 Å². The molecule has 2 heterocycles. The van der Waals surface area contributed by atoms with Crippen LogP contribution >= 0.6 is 11.3 Å². The second-order valence-electron chi connectivity index (χ2n) is 5.47. The summed E-state index contributed by atoms with van der Waals surface area (Å²) in [5.41, 5.74) is 0.133. The fraction of sp³-hybridized carbons (Fsp3) is 0.600. The molecule has 134 valence electrons. The number of sulfone groups is 1. The summed E-state index contributed by atoms with van der Waals surface area (Å²) in [6.07, 6.45) is -0.158. The first kappa shape index (κ1) is 19.3. The number of nitrogens with zero attached hydrogens (tertiary/aromatic N) is 2. The van der Waals surface area contributed by atoms with Crippen molar-refractivity contribution in [2.24, 2.45) is 10.4 Å². The van der Waals surface area contributed by atoms with E-state index < -0.39 is 38.3 Å². The highest BCUT2D eigenvalue weighted by Crippen LogP contribution is 2.45. The van der Waals surface area contributed by atoms with E-state index in [0.717, 1.165) is 11.1 Å². The Morgan fingerprint density at radius 1 is 1.50 bits per heavy atom. The average molecular weight is 397 g/mol. The number of thiophene rings is 1. The standard InChI is InChI=1S/C10H16BN3O7S3/c1-6-4-8(14(13-17)3-2-11(15)16)7-5-9(24(12,20)21)22-10(7)23(6,18)19/h5-6,8,15-16H,2-4H2,1H3,(H2,12,20,21)/t6-,8-/m0/s1. The van der Waals surface area contributed by atoms with Crippen molar-refractivity contribution < 1.29 is 26.9 Å². The molecular weight excluding hydrogens is 381 g/mol. The molecule has 24 heavy (non-hydrogen) atoms. The summed E-state index contributed by atoms with van der Waals surface area (Å²) in [7, 11) is -9.49. The van der Waals surface area contributed by atoms with E-state index >= 15 is 0 Å². The summed E-state index contributed by atoms with van der Waals surface area (Å²) < 4.78 is 47.5. The molecule has 14 heteroatoms. The number of hydrogen-bond donors (Lipinski definition) is 3. The summed E-state index contributed by atoms with van der Waals surface area (Å²) in [6.45, 7) is 1.32. The lowest BCUT2D eigenvalue weighted by Gasteiger charge is -2.32. The van der Waals surface area contributed by atoms with Gasteiger partial charge in [-0.1, -0.05) is 0 Å². The molecule has 0 aliphatic carbocycles. The van der Waals surface area contributed by atoms with Gasteiger partial charge >= 0.3 is 7.12 Å². The molecule has 4 N–H and O–H groups in total. The van der Waals surface area contributed by atoms with Crippen LogP contribution in [0.5, 0.6) is 0 Å². The second kappa shape index (κ2) is 6.69. The zero-order valence-electron chi connectivity index (χ0n) is 12.6. The first-order chi connectivity index (χ1) is 11.0. The van der Waals surface area contributed by atoms with Crippen molar-refractivity contribution in [2.45, 2.75) is 39.4 Å². The highest BCUT2D eigenvalue weighted by Gasteiger charge is 2.42. The normalized spacial score (nSPS) is 22.7. The Morgan fingerprint density at radius 3 is 2.62 bits per heavy atom. The molecule has 0 bridgehead atoms. The predicted octanol–water partition coefficient (Wildman–Crippen LogP) is -0.541. The van der Waals surface area contributed by atoms with Crippen molar-refractivity contribution in [3.63, 3.8) is 0 Å². The molecule has 1 aromatic rings. The molecule has 0 saturated heterocycles. The van der Waals surface area contributed by atoms with E-state index in [9.17, 15) is 21.7 Å². The Bertz CT molecular complexity index is 836. The lowest BCUT2D eigenvalue weighted by molar-refractivity contribution is 0.193. The monoisotopic (exact) mass is 397 g/mol. The Hall–Kier alpha value is -1.06. The van der Waals surface area contributed by atoms with Crippen LogP contribution in [0.4, 0.5) is 0 Å². The van der Waals surface area contributed by atoms with Crippen LogP contribution in [-0.4, -0.2) is 50.8 Å². The smallest absolute Gasteiger partial charge is 0.427 e. The summed E-state index contributed by atoms with van der Waals surface area (Å²) in [4.78, 5) is 11.1. The molecule has 0 fully saturated rings. The van der Waals surface area contributed by atoms with Gasteiger partial charge in [0.15, 0.2) is 9.84 Å². The minimum Gasteiger partial charge on any atom is -0.427 e.